The van der Waals surface area contributed by atoms with Crippen molar-refractivity contribution in [3.8, 4) is 0 Å². The maximum absolute atomic E-state index is 13.0. The summed E-state index contributed by atoms with van der Waals surface area (Å²) in [6.45, 7) is 0. The number of halogens is 4. The van der Waals surface area contributed by atoms with E-state index in [0.717, 1.165) is 6.07 Å². The fourth-order valence-corrected chi connectivity index (χ4v) is 1.00. The number of alkyl halides is 1. The molecule has 2 nitrogen and oxygen atoms in total. The molecule has 0 aliphatic heterocycles. The Morgan fingerprint density at radius 2 is 2.00 bits per heavy atom. The van der Waals surface area contributed by atoms with E-state index in [2.05, 4.69) is 4.99 Å². The van der Waals surface area contributed by atoms with Gasteiger partial charge < -0.3 is 5.73 Å². The summed E-state index contributed by atoms with van der Waals surface area (Å²) in [6.07, 6.45) is 0. The van der Waals surface area contributed by atoms with E-state index < -0.39 is 11.6 Å². The van der Waals surface area contributed by atoms with Crippen molar-refractivity contribution in [2.24, 2.45) is 10.7 Å². The fraction of sp³-hybridized carbons (Fsp3) is 0.125. The molecule has 1 aromatic rings. The van der Waals surface area contributed by atoms with E-state index in [1.54, 1.807) is 0 Å². The molecule has 76 valence electrons. The lowest BCUT2D eigenvalue weighted by Crippen LogP contribution is -2.12. The molecule has 0 heterocycles. The van der Waals surface area contributed by atoms with Crippen LogP contribution in [0.2, 0.25) is 5.02 Å². The van der Waals surface area contributed by atoms with Gasteiger partial charge in [-0.25, -0.2) is 13.8 Å². The number of nitrogens with zero attached hydrogens (tertiary/aromatic N) is 1. The number of amidine groups is 1. The minimum absolute atomic E-state index is 0.0333. The minimum Gasteiger partial charge on any atom is -0.386 e. The van der Waals surface area contributed by atoms with Crippen molar-refractivity contribution in [1.82, 2.24) is 0 Å². The standard InChI is InChI=1S/C8H6Cl2F2N2/c9-3-8(13)14-7-1-4(10)5(11)2-6(7)12/h1-2H,3H2,(H2,13,14). The lowest BCUT2D eigenvalue weighted by Gasteiger charge is -2.00. The van der Waals surface area contributed by atoms with E-state index in [1.165, 1.54) is 0 Å². The van der Waals surface area contributed by atoms with Crippen LogP contribution in [0, 0.1) is 11.6 Å². The van der Waals surface area contributed by atoms with Gasteiger partial charge in [-0.3, -0.25) is 0 Å². The number of hydrogen-bond acceptors (Lipinski definition) is 1. The van der Waals surface area contributed by atoms with Crippen LogP contribution in [0.15, 0.2) is 17.1 Å². The summed E-state index contributed by atoms with van der Waals surface area (Å²) in [4.78, 5) is 3.62. The van der Waals surface area contributed by atoms with Gasteiger partial charge in [0.05, 0.1) is 10.9 Å². The molecule has 0 spiro atoms. The molecule has 0 unspecified atom stereocenters. The summed E-state index contributed by atoms with van der Waals surface area (Å²) in [5.74, 6) is -1.67. The van der Waals surface area contributed by atoms with Crippen molar-refractivity contribution in [1.29, 1.82) is 0 Å². The Hall–Kier alpha value is -0.870. The predicted molar refractivity (Wildman–Crippen MR) is 53.4 cm³/mol. The van der Waals surface area contributed by atoms with Gasteiger partial charge in [0, 0.05) is 6.07 Å². The summed E-state index contributed by atoms with van der Waals surface area (Å²) in [5.41, 5.74) is 5.15. The highest BCUT2D eigenvalue weighted by Gasteiger charge is 2.07. The molecular formula is C8H6Cl2F2N2. The Kier molecular flexibility index (Phi) is 3.66. The molecular weight excluding hydrogens is 233 g/mol. The van der Waals surface area contributed by atoms with Crippen LogP contribution >= 0.6 is 23.2 Å². The van der Waals surface area contributed by atoms with Crippen molar-refractivity contribution in [2.45, 2.75) is 0 Å². The maximum Gasteiger partial charge on any atom is 0.151 e. The Bertz CT molecular complexity index is 380. The molecule has 0 atom stereocenters. The summed E-state index contributed by atoms with van der Waals surface area (Å²) < 4.78 is 25.7. The van der Waals surface area contributed by atoms with Gasteiger partial charge in [0.15, 0.2) is 5.82 Å². The molecule has 0 bridgehead atoms. The van der Waals surface area contributed by atoms with Crippen LogP contribution < -0.4 is 5.73 Å². The number of hydrogen-bond donors (Lipinski definition) is 1. The number of nitrogens with two attached hydrogens (primary N) is 1. The number of aliphatic imine (C=N–C) groups is 1. The Morgan fingerprint density at radius 3 is 2.57 bits per heavy atom. The molecule has 1 rings (SSSR count). The van der Waals surface area contributed by atoms with Gasteiger partial charge in [0.2, 0.25) is 0 Å². The molecule has 0 amide bonds. The smallest absolute Gasteiger partial charge is 0.151 e. The molecule has 6 heteroatoms. The van der Waals surface area contributed by atoms with Crippen molar-refractivity contribution < 1.29 is 8.78 Å². The van der Waals surface area contributed by atoms with E-state index in [-0.39, 0.29) is 22.4 Å². The average molecular weight is 239 g/mol. The Labute approximate surface area is 89.3 Å². The first-order valence-electron chi connectivity index (χ1n) is 3.58. The van der Waals surface area contributed by atoms with Crippen LogP contribution in [0.4, 0.5) is 14.5 Å². The Morgan fingerprint density at radius 1 is 1.36 bits per heavy atom. The van der Waals surface area contributed by atoms with E-state index >= 15 is 0 Å². The maximum atomic E-state index is 13.0. The monoisotopic (exact) mass is 238 g/mol. The fourth-order valence-electron chi connectivity index (χ4n) is 0.782. The van der Waals surface area contributed by atoms with Gasteiger partial charge in [-0.05, 0) is 6.07 Å². The molecule has 1 aromatic carbocycles. The van der Waals surface area contributed by atoms with Crippen molar-refractivity contribution in [2.75, 3.05) is 5.88 Å². The van der Waals surface area contributed by atoms with Gasteiger partial charge in [-0.2, -0.15) is 0 Å². The third-order valence-electron chi connectivity index (χ3n) is 1.39. The number of benzene rings is 1. The first-order valence-corrected chi connectivity index (χ1v) is 4.49. The van der Waals surface area contributed by atoms with E-state index in [0.29, 0.717) is 6.07 Å². The molecule has 0 aliphatic carbocycles. The lowest BCUT2D eigenvalue weighted by molar-refractivity contribution is 0.585. The first-order chi connectivity index (χ1) is 6.54. The molecule has 0 radical (unpaired) electrons. The first kappa shape index (κ1) is 11.2. The predicted octanol–water partition coefficient (Wildman–Crippen LogP) is 2.85. The summed E-state index contributed by atoms with van der Waals surface area (Å²) in [7, 11) is 0. The second-order valence-corrected chi connectivity index (χ2v) is 3.13. The van der Waals surface area contributed by atoms with Crippen LogP contribution in [0.5, 0.6) is 0 Å². The van der Waals surface area contributed by atoms with Crippen molar-refractivity contribution in [3.63, 3.8) is 0 Å². The molecule has 14 heavy (non-hydrogen) atoms. The zero-order valence-electron chi connectivity index (χ0n) is 6.90. The van der Waals surface area contributed by atoms with Crippen molar-refractivity contribution >= 4 is 34.7 Å². The zero-order valence-corrected chi connectivity index (χ0v) is 8.41. The second-order valence-electron chi connectivity index (χ2n) is 2.45. The van der Waals surface area contributed by atoms with Gasteiger partial charge >= 0.3 is 0 Å². The van der Waals surface area contributed by atoms with Crippen molar-refractivity contribution in [3.05, 3.63) is 28.8 Å². The van der Waals surface area contributed by atoms with Crippen LogP contribution in [-0.4, -0.2) is 11.7 Å². The Balaban J connectivity index is 3.16. The topological polar surface area (TPSA) is 38.4 Å². The largest absolute Gasteiger partial charge is 0.386 e. The van der Waals surface area contributed by atoms with Crippen LogP contribution in [0.25, 0.3) is 0 Å². The molecule has 2 N–H and O–H groups in total. The minimum atomic E-state index is -0.840. The third kappa shape index (κ3) is 2.56. The SMILES string of the molecule is NC(CCl)=Nc1cc(Cl)c(F)cc1F. The van der Waals surface area contributed by atoms with Crippen LogP contribution in [0.3, 0.4) is 0 Å². The highest BCUT2D eigenvalue weighted by molar-refractivity contribution is 6.31. The van der Waals surface area contributed by atoms with Gasteiger partial charge in [-0.15, -0.1) is 11.6 Å². The zero-order chi connectivity index (χ0) is 10.7. The normalized spacial score (nSPS) is 11.9. The van der Waals surface area contributed by atoms with Gasteiger partial charge in [0.1, 0.15) is 17.3 Å². The van der Waals surface area contributed by atoms with E-state index in [9.17, 15) is 8.78 Å². The van der Waals surface area contributed by atoms with Crippen LogP contribution in [0.1, 0.15) is 0 Å². The average Bonchev–Trinajstić information content (AvgIpc) is 2.14. The summed E-state index contributed by atoms with van der Waals surface area (Å²) in [6, 6.07) is 1.69. The molecule has 0 saturated heterocycles. The number of rotatable bonds is 2. The summed E-state index contributed by atoms with van der Waals surface area (Å²) in [5, 5.41) is -0.215. The second kappa shape index (κ2) is 4.57. The molecule has 0 aliphatic rings. The lowest BCUT2D eigenvalue weighted by atomic mass is 10.3. The van der Waals surface area contributed by atoms with Gasteiger partial charge in [0.25, 0.3) is 0 Å². The van der Waals surface area contributed by atoms with Crippen LogP contribution in [-0.2, 0) is 0 Å². The molecule has 0 aromatic heterocycles. The molecule has 0 saturated carbocycles. The van der Waals surface area contributed by atoms with Gasteiger partial charge in [-0.1, -0.05) is 11.6 Å². The van der Waals surface area contributed by atoms with E-state index in [1.807, 2.05) is 0 Å². The quantitative estimate of drug-likeness (QED) is 0.366. The van der Waals surface area contributed by atoms with E-state index in [4.69, 9.17) is 28.9 Å². The third-order valence-corrected chi connectivity index (χ3v) is 1.95. The highest BCUT2D eigenvalue weighted by Crippen LogP contribution is 2.25. The molecule has 0 fully saturated rings. The summed E-state index contributed by atoms with van der Waals surface area (Å²) >= 11 is 10.8. The highest BCUT2D eigenvalue weighted by atomic mass is 35.5.